The highest BCUT2D eigenvalue weighted by Crippen LogP contribution is 2.07. The maximum atomic E-state index is 12.2. The number of rotatable bonds is 6. The lowest BCUT2D eigenvalue weighted by Crippen LogP contribution is -2.53. The molecular formula is C18H27N3O5. The quantitative estimate of drug-likeness (QED) is 0.802. The predicted molar refractivity (Wildman–Crippen MR) is 96.5 cm³/mol. The van der Waals surface area contributed by atoms with Crippen molar-refractivity contribution in [1.29, 1.82) is 0 Å². The Labute approximate surface area is 153 Å². The molecule has 144 valence electrons. The summed E-state index contributed by atoms with van der Waals surface area (Å²) in [5, 5.41) is 4.94. The van der Waals surface area contributed by atoms with Gasteiger partial charge < -0.3 is 25.0 Å². The molecule has 2 N–H and O–H groups in total. The molecule has 26 heavy (non-hydrogen) atoms. The van der Waals surface area contributed by atoms with Crippen molar-refractivity contribution >= 4 is 18.1 Å². The molecule has 8 heteroatoms. The maximum absolute atomic E-state index is 12.2. The van der Waals surface area contributed by atoms with Crippen LogP contribution in [-0.2, 0) is 20.9 Å². The number of hydrogen-bond acceptors (Lipinski definition) is 5. The Morgan fingerprint density at radius 1 is 1.08 bits per heavy atom. The molecule has 0 aliphatic rings. The summed E-state index contributed by atoms with van der Waals surface area (Å²) in [6.45, 7) is 5.14. The summed E-state index contributed by atoms with van der Waals surface area (Å²) in [5.41, 5.74) is 0.146. The van der Waals surface area contributed by atoms with Gasteiger partial charge in [0.25, 0.3) is 0 Å². The first kappa shape index (κ1) is 21.3. The molecule has 0 unspecified atom stereocenters. The second-order valence-corrected chi connectivity index (χ2v) is 6.87. The van der Waals surface area contributed by atoms with E-state index in [2.05, 4.69) is 10.6 Å². The average molecular weight is 365 g/mol. The van der Waals surface area contributed by atoms with E-state index in [-0.39, 0.29) is 19.1 Å². The van der Waals surface area contributed by atoms with Gasteiger partial charge in [0.2, 0.25) is 5.91 Å². The Hall–Kier alpha value is -2.77. The fraction of sp³-hybridized carbons (Fsp3) is 0.500. The van der Waals surface area contributed by atoms with Gasteiger partial charge in [0.15, 0.2) is 0 Å². The number of carbonyl (C=O) groups excluding carboxylic acids is 3. The molecule has 1 atom stereocenters. The normalized spacial score (nSPS) is 11.9. The minimum Gasteiger partial charge on any atom is -0.445 e. The zero-order valence-electron chi connectivity index (χ0n) is 15.9. The molecule has 0 aromatic heterocycles. The zero-order chi connectivity index (χ0) is 19.7. The number of nitrogens with zero attached hydrogens (tertiary/aromatic N) is 1. The summed E-state index contributed by atoms with van der Waals surface area (Å²) in [5.74, 6) is -0.376. The standard InChI is InChI=1S/C18H27N3O5/c1-18(2,3)26-17(24)20-14(15(22)21(4)5)11-19-16(23)25-12-13-9-7-6-8-10-13/h6-10,14H,11-12H2,1-5H3,(H,19,23)(H,20,24)/t14-/m0/s1. The Morgan fingerprint density at radius 2 is 1.69 bits per heavy atom. The highest BCUT2D eigenvalue weighted by atomic mass is 16.6. The van der Waals surface area contributed by atoms with Gasteiger partial charge in [-0.2, -0.15) is 0 Å². The smallest absolute Gasteiger partial charge is 0.408 e. The van der Waals surface area contributed by atoms with Crippen LogP contribution in [0.15, 0.2) is 30.3 Å². The lowest BCUT2D eigenvalue weighted by molar-refractivity contribution is -0.130. The summed E-state index contributed by atoms with van der Waals surface area (Å²) in [6, 6.07) is 8.24. The van der Waals surface area contributed by atoms with Crippen molar-refractivity contribution in [2.45, 2.75) is 39.0 Å². The third-order valence-electron chi connectivity index (χ3n) is 3.09. The molecule has 0 heterocycles. The molecule has 0 aliphatic heterocycles. The van der Waals surface area contributed by atoms with Crippen LogP contribution >= 0.6 is 0 Å². The molecule has 0 fully saturated rings. The molecular weight excluding hydrogens is 338 g/mol. The van der Waals surface area contributed by atoms with Crippen LogP contribution in [0.2, 0.25) is 0 Å². The summed E-state index contributed by atoms with van der Waals surface area (Å²) in [6.07, 6.45) is -1.42. The van der Waals surface area contributed by atoms with Crippen LogP contribution in [0.25, 0.3) is 0 Å². The van der Waals surface area contributed by atoms with E-state index in [1.165, 1.54) is 4.90 Å². The molecule has 0 bridgehead atoms. The topological polar surface area (TPSA) is 97.0 Å². The largest absolute Gasteiger partial charge is 0.445 e. The van der Waals surface area contributed by atoms with Gasteiger partial charge in [-0.15, -0.1) is 0 Å². The number of hydrogen-bond donors (Lipinski definition) is 2. The van der Waals surface area contributed by atoms with Gasteiger partial charge in [-0.25, -0.2) is 9.59 Å². The van der Waals surface area contributed by atoms with Crippen LogP contribution in [0.3, 0.4) is 0 Å². The number of nitrogens with one attached hydrogen (secondary N) is 2. The van der Waals surface area contributed by atoms with Crippen LogP contribution in [0.4, 0.5) is 9.59 Å². The summed E-state index contributed by atoms with van der Waals surface area (Å²) in [7, 11) is 3.11. The first-order valence-corrected chi connectivity index (χ1v) is 8.23. The summed E-state index contributed by atoms with van der Waals surface area (Å²) >= 11 is 0. The van der Waals surface area contributed by atoms with Gasteiger partial charge in [-0.05, 0) is 26.3 Å². The van der Waals surface area contributed by atoms with E-state index < -0.39 is 23.8 Å². The number of carbonyl (C=O) groups is 3. The van der Waals surface area contributed by atoms with Crippen molar-refractivity contribution in [3.63, 3.8) is 0 Å². The molecule has 0 spiro atoms. The molecule has 1 aromatic carbocycles. The molecule has 0 aliphatic carbocycles. The molecule has 3 amide bonds. The minimum atomic E-state index is -0.968. The predicted octanol–water partition coefficient (Wildman–Crippen LogP) is 1.89. The van der Waals surface area contributed by atoms with Crippen molar-refractivity contribution in [1.82, 2.24) is 15.5 Å². The Kier molecular flexibility index (Phi) is 7.89. The Bertz CT molecular complexity index is 611. The number of ether oxygens (including phenoxy) is 2. The Balaban J connectivity index is 2.55. The van der Waals surface area contributed by atoms with Gasteiger partial charge in [0.05, 0.1) is 6.54 Å². The lowest BCUT2D eigenvalue weighted by atomic mass is 10.2. The van der Waals surface area contributed by atoms with E-state index in [0.29, 0.717) is 0 Å². The second kappa shape index (κ2) is 9.65. The fourth-order valence-electron chi connectivity index (χ4n) is 1.92. The van der Waals surface area contributed by atoms with Crippen LogP contribution in [0, 0.1) is 0 Å². The number of likely N-dealkylation sites (N-methyl/N-ethyl adjacent to an activating group) is 1. The molecule has 1 rings (SSSR count). The lowest BCUT2D eigenvalue weighted by Gasteiger charge is -2.25. The molecule has 0 saturated carbocycles. The molecule has 0 saturated heterocycles. The monoisotopic (exact) mass is 365 g/mol. The third-order valence-corrected chi connectivity index (χ3v) is 3.09. The van der Waals surface area contributed by atoms with E-state index in [4.69, 9.17) is 9.47 Å². The number of alkyl carbamates (subject to hydrolysis) is 2. The minimum absolute atomic E-state index is 0.110. The van der Waals surface area contributed by atoms with Crippen molar-refractivity contribution < 1.29 is 23.9 Å². The van der Waals surface area contributed by atoms with E-state index in [0.717, 1.165) is 5.56 Å². The highest BCUT2D eigenvalue weighted by Gasteiger charge is 2.26. The van der Waals surface area contributed by atoms with E-state index >= 15 is 0 Å². The number of benzene rings is 1. The molecule has 8 nitrogen and oxygen atoms in total. The SMILES string of the molecule is CN(C)C(=O)[C@H](CNC(=O)OCc1ccccc1)NC(=O)OC(C)(C)C. The summed E-state index contributed by atoms with van der Waals surface area (Å²) < 4.78 is 10.2. The van der Waals surface area contributed by atoms with Crippen molar-refractivity contribution in [2.75, 3.05) is 20.6 Å². The van der Waals surface area contributed by atoms with Crippen LogP contribution in [0.1, 0.15) is 26.3 Å². The summed E-state index contributed by atoms with van der Waals surface area (Å²) in [4.78, 5) is 37.2. The van der Waals surface area contributed by atoms with Crippen molar-refractivity contribution in [2.24, 2.45) is 0 Å². The highest BCUT2D eigenvalue weighted by molar-refractivity contribution is 5.86. The third kappa shape index (κ3) is 8.36. The van der Waals surface area contributed by atoms with Crippen molar-refractivity contribution in [3.8, 4) is 0 Å². The average Bonchev–Trinajstić information content (AvgIpc) is 2.55. The van der Waals surface area contributed by atoms with Crippen molar-refractivity contribution in [3.05, 3.63) is 35.9 Å². The van der Waals surface area contributed by atoms with Gasteiger partial charge >= 0.3 is 12.2 Å². The van der Waals surface area contributed by atoms with Gasteiger partial charge in [0.1, 0.15) is 18.2 Å². The van der Waals surface area contributed by atoms with Crippen LogP contribution in [0.5, 0.6) is 0 Å². The zero-order valence-corrected chi connectivity index (χ0v) is 15.9. The van der Waals surface area contributed by atoms with E-state index in [9.17, 15) is 14.4 Å². The fourth-order valence-corrected chi connectivity index (χ4v) is 1.92. The number of amides is 3. The first-order valence-electron chi connectivity index (χ1n) is 8.23. The molecule has 1 aromatic rings. The van der Waals surface area contributed by atoms with Gasteiger partial charge in [0, 0.05) is 14.1 Å². The van der Waals surface area contributed by atoms with E-state index in [1.807, 2.05) is 30.3 Å². The van der Waals surface area contributed by atoms with E-state index in [1.54, 1.807) is 34.9 Å². The molecule has 0 radical (unpaired) electrons. The second-order valence-electron chi connectivity index (χ2n) is 6.87. The van der Waals surface area contributed by atoms with Crippen LogP contribution < -0.4 is 10.6 Å². The van der Waals surface area contributed by atoms with Gasteiger partial charge in [-0.1, -0.05) is 30.3 Å². The first-order chi connectivity index (χ1) is 12.1. The van der Waals surface area contributed by atoms with Gasteiger partial charge in [-0.3, -0.25) is 4.79 Å². The Morgan fingerprint density at radius 3 is 2.23 bits per heavy atom. The van der Waals surface area contributed by atoms with Crippen LogP contribution in [-0.4, -0.2) is 55.3 Å². The maximum Gasteiger partial charge on any atom is 0.408 e.